The molecule has 10 heteroatoms. The van der Waals surface area contributed by atoms with Crippen LogP contribution in [0.3, 0.4) is 0 Å². The largest absolute Gasteiger partial charge is 0.487 e. The van der Waals surface area contributed by atoms with Crippen molar-refractivity contribution in [1.82, 2.24) is 4.57 Å². The fourth-order valence-electron chi connectivity index (χ4n) is 4.46. The number of hydrogen-bond donors (Lipinski definition) is 0. The summed E-state index contributed by atoms with van der Waals surface area (Å²) in [5.41, 5.74) is 2.73. The van der Waals surface area contributed by atoms with Crippen molar-refractivity contribution in [3.8, 4) is 5.75 Å². The second kappa shape index (κ2) is 12.4. The molecule has 1 aromatic heterocycles. The first-order valence-electron chi connectivity index (χ1n) is 12.4. The molecule has 0 saturated carbocycles. The molecule has 2 heterocycles. The molecule has 0 N–H and O–H groups in total. The van der Waals surface area contributed by atoms with Crippen LogP contribution < -0.4 is 19.6 Å². The van der Waals surface area contributed by atoms with Gasteiger partial charge in [0.25, 0.3) is 5.56 Å². The summed E-state index contributed by atoms with van der Waals surface area (Å²) in [5, 5.41) is 0. The molecule has 0 unspecified atom stereocenters. The first-order chi connectivity index (χ1) is 19.3. The van der Waals surface area contributed by atoms with Crippen LogP contribution in [-0.2, 0) is 16.1 Å². The Morgan fingerprint density at radius 3 is 2.45 bits per heavy atom. The molecule has 0 amide bonds. The number of fused-ring (bicyclic) bond motifs is 1. The van der Waals surface area contributed by atoms with Gasteiger partial charge in [-0.1, -0.05) is 59.9 Å². The SMILES string of the molecule is CCOC(=O)C1=C(C)N=c2s/c(=C/c3cc(I)c(OCc4ccccc4F)c(I)c3)c(=O)n2[C@H]1c1ccccc1. The third-order valence-corrected chi connectivity index (χ3v) is 8.87. The van der Waals surface area contributed by atoms with Crippen molar-refractivity contribution in [2.24, 2.45) is 4.99 Å². The number of esters is 1. The minimum atomic E-state index is -0.645. The van der Waals surface area contributed by atoms with Gasteiger partial charge in [-0.25, -0.2) is 14.2 Å². The predicted molar refractivity (Wildman–Crippen MR) is 169 cm³/mol. The van der Waals surface area contributed by atoms with Crippen LogP contribution in [0.2, 0.25) is 0 Å². The Bertz CT molecular complexity index is 1790. The summed E-state index contributed by atoms with van der Waals surface area (Å²) in [6, 6.07) is 19.1. The van der Waals surface area contributed by atoms with E-state index in [4.69, 9.17) is 9.47 Å². The van der Waals surface area contributed by atoms with Crippen LogP contribution in [0.15, 0.2) is 87.8 Å². The van der Waals surface area contributed by atoms with Crippen LogP contribution in [0.5, 0.6) is 5.75 Å². The molecule has 0 fully saturated rings. The molecule has 1 aliphatic heterocycles. The van der Waals surface area contributed by atoms with Crippen molar-refractivity contribution in [2.45, 2.75) is 26.5 Å². The molecule has 0 spiro atoms. The number of carbonyl (C=O) groups excluding carboxylic acids is 1. The fraction of sp³-hybridized carbons (Fsp3) is 0.167. The monoisotopic (exact) mass is 780 g/mol. The quantitative estimate of drug-likeness (QED) is 0.178. The molecule has 0 saturated heterocycles. The Balaban J connectivity index is 1.55. The maximum atomic E-state index is 14.0. The number of halogens is 3. The van der Waals surface area contributed by atoms with E-state index in [0.29, 0.717) is 31.9 Å². The first kappa shape index (κ1) is 28.7. The standard InChI is InChI=1S/C30H23FI2N2O4S/c1-3-38-29(37)25-17(2)34-30-35(26(25)19-9-5-4-6-10-19)28(36)24(40-30)15-18-13-22(32)27(23(33)14-18)39-16-20-11-7-8-12-21(20)31/h4-15,26H,3,16H2,1-2H3/b24-15+/t26-/m0/s1. The van der Waals surface area contributed by atoms with Crippen molar-refractivity contribution < 1.29 is 18.7 Å². The van der Waals surface area contributed by atoms with Crippen molar-refractivity contribution in [2.75, 3.05) is 6.61 Å². The molecule has 0 radical (unpaired) electrons. The van der Waals surface area contributed by atoms with Crippen LogP contribution in [0.1, 0.15) is 36.6 Å². The molecule has 0 bridgehead atoms. The van der Waals surface area contributed by atoms with Crippen molar-refractivity contribution in [3.63, 3.8) is 0 Å². The third kappa shape index (κ3) is 5.79. The van der Waals surface area contributed by atoms with Gasteiger partial charge < -0.3 is 9.47 Å². The fourth-order valence-corrected chi connectivity index (χ4v) is 7.63. The molecular formula is C30H23FI2N2O4S. The molecule has 3 aromatic carbocycles. The van der Waals surface area contributed by atoms with Crippen molar-refractivity contribution >= 4 is 68.6 Å². The Morgan fingerprint density at radius 1 is 1.10 bits per heavy atom. The van der Waals surface area contributed by atoms with Crippen LogP contribution in [0.25, 0.3) is 6.08 Å². The van der Waals surface area contributed by atoms with E-state index < -0.39 is 12.0 Å². The molecular weight excluding hydrogens is 757 g/mol. The lowest BCUT2D eigenvalue weighted by molar-refractivity contribution is -0.139. The zero-order valence-electron chi connectivity index (χ0n) is 21.5. The van der Waals surface area contributed by atoms with Crippen molar-refractivity contribution in [3.05, 3.63) is 127 Å². The summed E-state index contributed by atoms with van der Waals surface area (Å²) < 4.78 is 29.1. The minimum absolute atomic E-state index is 0.109. The Hall–Kier alpha value is -2.84. The highest BCUT2D eigenvalue weighted by atomic mass is 127. The number of benzene rings is 3. The highest BCUT2D eigenvalue weighted by Crippen LogP contribution is 2.32. The van der Waals surface area contributed by atoms with Gasteiger partial charge in [0.05, 0.1) is 35.6 Å². The molecule has 0 aliphatic carbocycles. The molecule has 6 nitrogen and oxygen atoms in total. The number of nitrogens with zero attached hydrogens (tertiary/aromatic N) is 2. The van der Waals surface area contributed by atoms with Gasteiger partial charge in [0.2, 0.25) is 0 Å². The first-order valence-corrected chi connectivity index (χ1v) is 15.4. The molecule has 1 aliphatic rings. The summed E-state index contributed by atoms with van der Waals surface area (Å²) in [7, 11) is 0. The van der Waals surface area contributed by atoms with E-state index in [1.165, 1.54) is 17.4 Å². The predicted octanol–water partition coefficient (Wildman–Crippen LogP) is 5.73. The number of thiazole rings is 1. The molecule has 40 heavy (non-hydrogen) atoms. The maximum absolute atomic E-state index is 14.0. The Labute approximate surface area is 261 Å². The number of ether oxygens (including phenoxy) is 2. The molecule has 4 aromatic rings. The van der Waals surface area contributed by atoms with E-state index in [1.54, 1.807) is 36.6 Å². The minimum Gasteiger partial charge on any atom is -0.487 e. The van der Waals surface area contributed by atoms with Gasteiger partial charge in [-0.05, 0) is 94.4 Å². The second-order valence-corrected chi connectivity index (χ2v) is 12.2. The smallest absolute Gasteiger partial charge is 0.338 e. The highest BCUT2D eigenvalue weighted by Gasteiger charge is 2.33. The van der Waals surface area contributed by atoms with Gasteiger partial charge in [-0.2, -0.15) is 0 Å². The van der Waals surface area contributed by atoms with Gasteiger partial charge in [0, 0.05) is 5.56 Å². The normalized spacial score (nSPS) is 15.0. The molecule has 1 atom stereocenters. The van der Waals surface area contributed by atoms with Crippen LogP contribution >= 0.6 is 56.5 Å². The maximum Gasteiger partial charge on any atom is 0.338 e. The topological polar surface area (TPSA) is 69.9 Å². The summed E-state index contributed by atoms with van der Waals surface area (Å²) in [6.07, 6.45) is 1.82. The number of hydrogen-bond acceptors (Lipinski definition) is 6. The van der Waals surface area contributed by atoms with Gasteiger partial charge in [0.1, 0.15) is 18.2 Å². The van der Waals surface area contributed by atoms with Crippen LogP contribution in [0.4, 0.5) is 4.39 Å². The van der Waals surface area contributed by atoms with Crippen molar-refractivity contribution in [1.29, 1.82) is 0 Å². The molecule has 204 valence electrons. The van der Waals surface area contributed by atoms with Gasteiger partial charge >= 0.3 is 5.97 Å². The lowest BCUT2D eigenvalue weighted by atomic mass is 9.96. The molecule has 5 rings (SSSR count). The number of carbonyl (C=O) groups is 1. The highest BCUT2D eigenvalue weighted by molar-refractivity contribution is 14.1. The van der Waals surface area contributed by atoms with Crippen LogP contribution in [-0.4, -0.2) is 17.1 Å². The second-order valence-electron chi connectivity index (χ2n) is 8.91. The lowest BCUT2D eigenvalue weighted by Crippen LogP contribution is -2.39. The van der Waals surface area contributed by atoms with Crippen LogP contribution in [0, 0.1) is 13.0 Å². The van der Waals surface area contributed by atoms with E-state index in [9.17, 15) is 14.0 Å². The third-order valence-electron chi connectivity index (χ3n) is 6.28. The van der Waals surface area contributed by atoms with Gasteiger partial charge in [-0.3, -0.25) is 9.36 Å². The summed E-state index contributed by atoms with van der Waals surface area (Å²) >= 11 is 5.64. The van der Waals surface area contributed by atoms with E-state index in [0.717, 1.165) is 18.3 Å². The lowest BCUT2D eigenvalue weighted by Gasteiger charge is -2.24. The van der Waals surface area contributed by atoms with E-state index in [1.807, 2.05) is 48.5 Å². The van der Waals surface area contributed by atoms with E-state index in [-0.39, 0.29) is 24.6 Å². The summed E-state index contributed by atoms with van der Waals surface area (Å²) in [4.78, 5) is 31.9. The number of aromatic nitrogens is 1. The summed E-state index contributed by atoms with van der Waals surface area (Å²) in [5.74, 6) is -0.140. The Kier molecular flexibility index (Phi) is 8.86. The number of rotatable bonds is 7. The van der Waals surface area contributed by atoms with E-state index >= 15 is 0 Å². The average molecular weight is 780 g/mol. The zero-order valence-corrected chi connectivity index (χ0v) is 26.6. The number of allylic oxidation sites excluding steroid dienone is 1. The zero-order chi connectivity index (χ0) is 28.4. The van der Waals surface area contributed by atoms with Gasteiger partial charge in [-0.15, -0.1) is 0 Å². The Morgan fingerprint density at radius 2 is 1.77 bits per heavy atom. The summed E-state index contributed by atoms with van der Waals surface area (Å²) in [6.45, 7) is 3.85. The van der Waals surface area contributed by atoms with E-state index in [2.05, 4.69) is 50.2 Å². The average Bonchev–Trinajstić information content (AvgIpc) is 3.23. The van der Waals surface area contributed by atoms with Gasteiger partial charge in [0.15, 0.2) is 4.80 Å².